The molecule has 5 nitrogen and oxygen atoms in total. The second-order valence-corrected chi connectivity index (χ2v) is 6.95. The van der Waals surface area contributed by atoms with E-state index in [0.29, 0.717) is 12.8 Å². The first-order valence-corrected chi connectivity index (χ1v) is 7.76. The number of nitrogens with one attached hydrogen (secondary N) is 1. The van der Waals surface area contributed by atoms with Gasteiger partial charge in [0.25, 0.3) is 5.92 Å². The van der Waals surface area contributed by atoms with Gasteiger partial charge in [-0.15, -0.1) is 0 Å². The summed E-state index contributed by atoms with van der Waals surface area (Å²) in [5.41, 5.74) is -1.00. The smallest absolute Gasteiger partial charge is 0.334 e. The standard InChI is InChI=1S/C14H18F5N3O2/c1-8-5-22(11(24)14(17,18)19)12(2-3-12)7-21(8)10(23)9-4-13(15,16)6-20-9/h8-9,20H,2-7H2,1H3/t8-,9-/m1/s1. The van der Waals surface area contributed by atoms with E-state index in [1.165, 1.54) is 11.8 Å². The Morgan fingerprint density at radius 3 is 2.29 bits per heavy atom. The zero-order valence-electron chi connectivity index (χ0n) is 13.0. The third kappa shape index (κ3) is 2.96. The summed E-state index contributed by atoms with van der Waals surface area (Å²) in [6, 6.07) is -1.70. The van der Waals surface area contributed by atoms with E-state index in [0.717, 1.165) is 4.90 Å². The Kier molecular flexibility index (Phi) is 3.82. The maximum absolute atomic E-state index is 13.3. The quantitative estimate of drug-likeness (QED) is 0.718. The van der Waals surface area contributed by atoms with Crippen molar-refractivity contribution >= 4 is 11.8 Å². The van der Waals surface area contributed by atoms with Crippen LogP contribution in [0.25, 0.3) is 0 Å². The van der Waals surface area contributed by atoms with Gasteiger partial charge < -0.3 is 9.80 Å². The fourth-order valence-corrected chi connectivity index (χ4v) is 3.52. The molecule has 3 rings (SSSR count). The lowest BCUT2D eigenvalue weighted by Crippen LogP contribution is -2.65. The van der Waals surface area contributed by atoms with Gasteiger partial charge in [0.05, 0.1) is 18.1 Å². The van der Waals surface area contributed by atoms with Crippen molar-refractivity contribution in [2.45, 2.75) is 55.9 Å². The molecule has 0 bridgehead atoms. The highest BCUT2D eigenvalue weighted by atomic mass is 19.4. The number of nitrogens with zero attached hydrogens (tertiary/aromatic N) is 2. The van der Waals surface area contributed by atoms with Gasteiger partial charge in [0, 0.05) is 25.6 Å². The van der Waals surface area contributed by atoms with Crippen molar-refractivity contribution in [3.8, 4) is 0 Å². The number of rotatable bonds is 1. The molecule has 3 aliphatic rings. The van der Waals surface area contributed by atoms with Crippen LogP contribution in [0.1, 0.15) is 26.2 Å². The molecule has 2 saturated heterocycles. The molecule has 1 saturated carbocycles. The van der Waals surface area contributed by atoms with Crippen LogP contribution >= 0.6 is 0 Å². The minimum Gasteiger partial charge on any atom is -0.334 e. The van der Waals surface area contributed by atoms with E-state index in [2.05, 4.69) is 5.32 Å². The highest BCUT2D eigenvalue weighted by Crippen LogP contribution is 2.47. The predicted octanol–water partition coefficient (Wildman–Crippen LogP) is 1.14. The molecular formula is C14H18F5N3O2. The van der Waals surface area contributed by atoms with Crippen molar-refractivity contribution in [3.63, 3.8) is 0 Å². The predicted molar refractivity (Wildman–Crippen MR) is 72.3 cm³/mol. The van der Waals surface area contributed by atoms with Crippen molar-refractivity contribution in [1.29, 1.82) is 0 Å². The molecule has 2 heterocycles. The van der Waals surface area contributed by atoms with Crippen molar-refractivity contribution in [2.24, 2.45) is 0 Å². The molecule has 3 fully saturated rings. The zero-order chi connectivity index (χ0) is 17.9. The van der Waals surface area contributed by atoms with Crippen LogP contribution in [0, 0.1) is 0 Å². The lowest BCUT2D eigenvalue weighted by atomic mass is 10.0. The summed E-state index contributed by atoms with van der Waals surface area (Å²) in [7, 11) is 0. The van der Waals surface area contributed by atoms with Crippen molar-refractivity contribution in [2.75, 3.05) is 19.6 Å². The van der Waals surface area contributed by atoms with E-state index in [-0.39, 0.29) is 13.1 Å². The molecule has 1 aliphatic carbocycles. The summed E-state index contributed by atoms with van der Waals surface area (Å²) in [4.78, 5) is 26.3. The van der Waals surface area contributed by atoms with Gasteiger partial charge in [0.15, 0.2) is 0 Å². The molecule has 0 aromatic heterocycles. The molecule has 2 aliphatic heterocycles. The van der Waals surface area contributed by atoms with Crippen LogP contribution in [0.3, 0.4) is 0 Å². The lowest BCUT2D eigenvalue weighted by Gasteiger charge is -2.46. The van der Waals surface area contributed by atoms with E-state index in [4.69, 9.17) is 0 Å². The molecule has 24 heavy (non-hydrogen) atoms. The van der Waals surface area contributed by atoms with Gasteiger partial charge in [-0.25, -0.2) is 8.78 Å². The molecular weight excluding hydrogens is 337 g/mol. The van der Waals surface area contributed by atoms with Gasteiger partial charge in [-0.3, -0.25) is 14.9 Å². The van der Waals surface area contributed by atoms with Gasteiger partial charge in [0.2, 0.25) is 5.91 Å². The Hall–Kier alpha value is -1.45. The number of carbonyl (C=O) groups is 2. The summed E-state index contributed by atoms with van der Waals surface area (Å²) < 4.78 is 64.8. The third-order valence-corrected chi connectivity index (χ3v) is 5.02. The summed E-state index contributed by atoms with van der Waals surface area (Å²) in [6.07, 6.45) is -4.83. The van der Waals surface area contributed by atoms with Crippen molar-refractivity contribution in [1.82, 2.24) is 15.1 Å². The molecule has 0 aromatic carbocycles. The number of carbonyl (C=O) groups excluding carboxylic acids is 2. The van der Waals surface area contributed by atoms with Crippen LogP contribution in [0.15, 0.2) is 0 Å². The number of amides is 2. The first kappa shape index (κ1) is 17.4. The number of alkyl halides is 5. The first-order chi connectivity index (χ1) is 11.0. The van der Waals surface area contributed by atoms with Gasteiger partial charge in [-0.1, -0.05) is 0 Å². The molecule has 1 spiro atoms. The van der Waals surface area contributed by atoms with E-state index >= 15 is 0 Å². The minimum absolute atomic E-state index is 0.0431. The second-order valence-electron chi connectivity index (χ2n) is 6.95. The summed E-state index contributed by atoms with van der Waals surface area (Å²) >= 11 is 0. The van der Waals surface area contributed by atoms with Crippen LogP contribution in [-0.4, -0.2) is 71.0 Å². The average molecular weight is 355 g/mol. The van der Waals surface area contributed by atoms with E-state index in [9.17, 15) is 31.5 Å². The zero-order valence-corrected chi connectivity index (χ0v) is 13.0. The van der Waals surface area contributed by atoms with Crippen LogP contribution in [-0.2, 0) is 9.59 Å². The van der Waals surface area contributed by atoms with Gasteiger partial charge in [-0.2, -0.15) is 13.2 Å². The van der Waals surface area contributed by atoms with Crippen molar-refractivity contribution in [3.05, 3.63) is 0 Å². The molecule has 0 unspecified atom stereocenters. The van der Waals surface area contributed by atoms with Crippen LogP contribution in [0.2, 0.25) is 0 Å². The molecule has 2 amide bonds. The molecule has 10 heteroatoms. The third-order valence-electron chi connectivity index (χ3n) is 5.02. The molecule has 2 atom stereocenters. The Balaban J connectivity index is 1.73. The maximum atomic E-state index is 13.3. The van der Waals surface area contributed by atoms with Gasteiger partial charge >= 0.3 is 12.1 Å². The average Bonchev–Trinajstić information content (AvgIpc) is 3.14. The molecule has 0 aromatic rings. The lowest BCUT2D eigenvalue weighted by molar-refractivity contribution is -0.193. The fraction of sp³-hybridized carbons (Fsp3) is 0.857. The molecule has 136 valence electrons. The summed E-state index contributed by atoms with van der Waals surface area (Å²) in [5, 5.41) is 2.47. The fourth-order valence-electron chi connectivity index (χ4n) is 3.52. The molecule has 0 radical (unpaired) electrons. The van der Waals surface area contributed by atoms with E-state index in [1.54, 1.807) is 0 Å². The number of hydrogen-bond donors (Lipinski definition) is 1. The monoisotopic (exact) mass is 355 g/mol. The van der Waals surface area contributed by atoms with Gasteiger partial charge in [0.1, 0.15) is 0 Å². The van der Waals surface area contributed by atoms with Gasteiger partial charge in [-0.05, 0) is 19.8 Å². The van der Waals surface area contributed by atoms with E-state index in [1.807, 2.05) is 0 Å². The number of halogens is 5. The highest BCUT2D eigenvalue weighted by Gasteiger charge is 2.60. The Bertz CT molecular complexity index is 561. The number of hydrogen-bond acceptors (Lipinski definition) is 3. The van der Waals surface area contributed by atoms with E-state index < -0.39 is 54.5 Å². The van der Waals surface area contributed by atoms with Crippen LogP contribution < -0.4 is 5.32 Å². The van der Waals surface area contributed by atoms with Crippen LogP contribution in [0.4, 0.5) is 22.0 Å². The summed E-state index contributed by atoms with van der Waals surface area (Å²) in [6.45, 7) is 0.651. The number of piperazine rings is 1. The topological polar surface area (TPSA) is 52.7 Å². The Morgan fingerprint density at radius 1 is 1.21 bits per heavy atom. The van der Waals surface area contributed by atoms with Crippen molar-refractivity contribution < 1.29 is 31.5 Å². The Labute approximate surface area is 135 Å². The normalized spacial score (nSPS) is 31.4. The largest absolute Gasteiger partial charge is 0.471 e. The Morgan fingerprint density at radius 2 is 1.83 bits per heavy atom. The molecule has 1 N–H and O–H groups in total. The first-order valence-electron chi connectivity index (χ1n) is 7.76. The minimum atomic E-state index is -4.96. The summed E-state index contributed by atoms with van der Waals surface area (Å²) in [5.74, 6) is -5.40. The van der Waals surface area contributed by atoms with Crippen LogP contribution in [0.5, 0.6) is 0 Å². The SMILES string of the molecule is C[C@@H]1CN(C(=O)C(F)(F)F)C2(CC2)CN1C(=O)[C@H]1CC(F)(F)CN1. The highest BCUT2D eigenvalue weighted by molar-refractivity contribution is 5.85. The maximum Gasteiger partial charge on any atom is 0.471 e. The second kappa shape index (κ2) is 5.27.